The van der Waals surface area contributed by atoms with E-state index in [1.54, 1.807) is 0 Å². The fourth-order valence-corrected chi connectivity index (χ4v) is 2.49. The second kappa shape index (κ2) is 8.79. The minimum atomic E-state index is 1.08. The van der Waals surface area contributed by atoms with Crippen LogP contribution in [0.15, 0.2) is 30.0 Å². The van der Waals surface area contributed by atoms with E-state index in [2.05, 4.69) is 57.3 Å². The molecule has 0 saturated carbocycles. The minimum Gasteiger partial charge on any atom is -0.388 e. The van der Waals surface area contributed by atoms with Crippen molar-refractivity contribution in [2.75, 3.05) is 6.54 Å². The summed E-state index contributed by atoms with van der Waals surface area (Å²) in [5.41, 5.74) is 5.67. The molecule has 0 radical (unpaired) electrons. The fraction of sp³-hybridized carbons (Fsp3) is 0.556. The molecular formula is C18H29N. The number of hydrogen-bond donors (Lipinski definition) is 1. The van der Waals surface area contributed by atoms with Crippen molar-refractivity contribution in [1.82, 2.24) is 5.32 Å². The Balaban J connectivity index is 2.84. The maximum absolute atomic E-state index is 3.63. The van der Waals surface area contributed by atoms with E-state index in [0.717, 1.165) is 19.4 Å². The van der Waals surface area contributed by atoms with Crippen molar-refractivity contribution in [3.8, 4) is 0 Å². The van der Waals surface area contributed by atoms with Crippen LogP contribution in [0.4, 0.5) is 0 Å². The lowest BCUT2D eigenvalue weighted by Gasteiger charge is -2.16. The summed E-state index contributed by atoms with van der Waals surface area (Å²) >= 11 is 0. The maximum atomic E-state index is 3.63. The molecule has 0 unspecified atom stereocenters. The quantitative estimate of drug-likeness (QED) is 0.635. The van der Waals surface area contributed by atoms with Gasteiger partial charge >= 0.3 is 0 Å². The lowest BCUT2D eigenvalue weighted by atomic mass is 9.97. The summed E-state index contributed by atoms with van der Waals surface area (Å²) in [4.78, 5) is 0. The van der Waals surface area contributed by atoms with E-state index >= 15 is 0 Å². The standard InChI is InChI=1S/C18H29N/c1-5-8-11-14-19-18(7-3)15(4)17-13-10-9-12-16(17)6-2/h9-10,12-13,19H,5-8,11,14H2,1-4H3. The Morgan fingerprint density at radius 3 is 2.42 bits per heavy atom. The van der Waals surface area contributed by atoms with Gasteiger partial charge in [-0.3, -0.25) is 0 Å². The van der Waals surface area contributed by atoms with Gasteiger partial charge in [0, 0.05) is 12.2 Å². The minimum absolute atomic E-state index is 1.08. The lowest BCUT2D eigenvalue weighted by Crippen LogP contribution is -2.16. The second-order valence-electron chi connectivity index (χ2n) is 5.10. The van der Waals surface area contributed by atoms with Gasteiger partial charge in [0.05, 0.1) is 0 Å². The van der Waals surface area contributed by atoms with E-state index in [1.807, 2.05) is 0 Å². The van der Waals surface area contributed by atoms with Gasteiger partial charge in [-0.1, -0.05) is 57.9 Å². The van der Waals surface area contributed by atoms with Gasteiger partial charge in [0.15, 0.2) is 0 Å². The van der Waals surface area contributed by atoms with E-state index in [0.29, 0.717) is 0 Å². The molecule has 1 aromatic carbocycles. The molecule has 1 nitrogen and oxygen atoms in total. The molecule has 0 aliphatic rings. The van der Waals surface area contributed by atoms with Crippen molar-refractivity contribution in [2.45, 2.75) is 59.8 Å². The second-order valence-corrected chi connectivity index (χ2v) is 5.10. The number of allylic oxidation sites excluding steroid dienone is 2. The van der Waals surface area contributed by atoms with E-state index in [4.69, 9.17) is 0 Å². The normalized spacial score (nSPS) is 12.2. The molecule has 1 rings (SSSR count). The van der Waals surface area contributed by atoms with Gasteiger partial charge in [0.1, 0.15) is 0 Å². The van der Waals surface area contributed by atoms with Gasteiger partial charge in [0.2, 0.25) is 0 Å². The number of aryl methyl sites for hydroxylation is 1. The molecule has 1 N–H and O–H groups in total. The van der Waals surface area contributed by atoms with Gasteiger partial charge in [-0.25, -0.2) is 0 Å². The lowest BCUT2D eigenvalue weighted by molar-refractivity contribution is 0.658. The zero-order valence-electron chi connectivity index (χ0n) is 13.1. The Bertz CT molecular complexity index is 404. The molecule has 0 atom stereocenters. The highest BCUT2D eigenvalue weighted by Crippen LogP contribution is 2.23. The smallest absolute Gasteiger partial charge is 0.0144 e. The van der Waals surface area contributed by atoms with E-state index in [-0.39, 0.29) is 0 Å². The van der Waals surface area contributed by atoms with E-state index in [9.17, 15) is 0 Å². The number of hydrogen-bond acceptors (Lipinski definition) is 1. The molecule has 106 valence electrons. The summed E-state index contributed by atoms with van der Waals surface area (Å²) in [6.07, 6.45) is 6.04. The summed E-state index contributed by atoms with van der Waals surface area (Å²) < 4.78 is 0. The third kappa shape index (κ3) is 4.74. The SMILES string of the molecule is CCCCCNC(CC)=C(C)c1ccccc1CC. The molecule has 0 saturated heterocycles. The first-order chi connectivity index (χ1) is 9.24. The molecule has 0 heterocycles. The van der Waals surface area contributed by atoms with Crippen LogP contribution in [0.1, 0.15) is 64.5 Å². The maximum Gasteiger partial charge on any atom is 0.0144 e. The van der Waals surface area contributed by atoms with Gasteiger partial charge in [-0.2, -0.15) is 0 Å². The molecule has 0 aliphatic heterocycles. The highest BCUT2D eigenvalue weighted by Gasteiger charge is 2.06. The molecule has 0 bridgehead atoms. The zero-order valence-corrected chi connectivity index (χ0v) is 13.1. The summed E-state index contributed by atoms with van der Waals surface area (Å²) in [6, 6.07) is 8.76. The highest BCUT2D eigenvalue weighted by atomic mass is 14.9. The molecule has 1 heteroatoms. The van der Waals surface area contributed by atoms with Gasteiger partial charge in [0.25, 0.3) is 0 Å². The van der Waals surface area contributed by atoms with E-state index in [1.165, 1.54) is 41.7 Å². The number of benzene rings is 1. The van der Waals surface area contributed by atoms with Crippen molar-refractivity contribution in [2.24, 2.45) is 0 Å². The van der Waals surface area contributed by atoms with Gasteiger partial charge in [-0.05, 0) is 42.9 Å². The van der Waals surface area contributed by atoms with Crippen molar-refractivity contribution >= 4 is 5.57 Å². The topological polar surface area (TPSA) is 12.0 Å². The van der Waals surface area contributed by atoms with Crippen molar-refractivity contribution < 1.29 is 0 Å². The first kappa shape index (κ1) is 15.8. The van der Waals surface area contributed by atoms with Crippen LogP contribution in [0.5, 0.6) is 0 Å². The van der Waals surface area contributed by atoms with Crippen molar-refractivity contribution in [3.05, 3.63) is 41.1 Å². The summed E-state index contributed by atoms with van der Waals surface area (Å²) in [5.74, 6) is 0. The Kier molecular flexibility index (Phi) is 7.32. The van der Waals surface area contributed by atoms with Crippen LogP contribution in [-0.4, -0.2) is 6.54 Å². The number of nitrogens with one attached hydrogen (secondary N) is 1. The molecule has 0 fully saturated rings. The highest BCUT2D eigenvalue weighted by molar-refractivity contribution is 5.69. The third-order valence-electron chi connectivity index (χ3n) is 3.73. The molecular weight excluding hydrogens is 230 g/mol. The molecule has 0 aliphatic carbocycles. The van der Waals surface area contributed by atoms with Crippen LogP contribution >= 0.6 is 0 Å². The van der Waals surface area contributed by atoms with Crippen LogP contribution in [0.2, 0.25) is 0 Å². The van der Waals surface area contributed by atoms with Crippen LogP contribution in [0, 0.1) is 0 Å². The Morgan fingerprint density at radius 2 is 1.79 bits per heavy atom. The average molecular weight is 259 g/mol. The molecule has 1 aromatic rings. The number of rotatable bonds is 8. The van der Waals surface area contributed by atoms with Gasteiger partial charge in [-0.15, -0.1) is 0 Å². The van der Waals surface area contributed by atoms with Crippen LogP contribution in [0.25, 0.3) is 5.57 Å². The van der Waals surface area contributed by atoms with Crippen LogP contribution < -0.4 is 5.32 Å². The summed E-state index contributed by atoms with van der Waals surface area (Å²) in [5, 5.41) is 3.63. The third-order valence-corrected chi connectivity index (χ3v) is 3.73. The monoisotopic (exact) mass is 259 g/mol. The Hall–Kier alpha value is -1.24. The predicted molar refractivity (Wildman–Crippen MR) is 86.2 cm³/mol. The molecule has 0 amide bonds. The first-order valence-corrected chi connectivity index (χ1v) is 7.76. The predicted octanol–water partition coefficient (Wildman–Crippen LogP) is 5.17. The number of unbranched alkanes of at least 4 members (excludes halogenated alkanes) is 2. The molecule has 0 aromatic heterocycles. The average Bonchev–Trinajstić information content (AvgIpc) is 2.46. The van der Waals surface area contributed by atoms with Gasteiger partial charge < -0.3 is 5.32 Å². The Morgan fingerprint density at radius 1 is 1.05 bits per heavy atom. The summed E-state index contributed by atoms with van der Waals surface area (Å²) in [7, 11) is 0. The molecule has 0 spiro atoms. The largest absolute Gasteiger partial charge is 0.388 e. The fourth-order valence-electron chi connectivity index (χ4n) is 2.49. The van der Waals surface area contributed by atoms with Crippen molar-refractivity contribution in [1.29, 1.82) is 0 Å². The molecule has 19 heavy (non-hydrogen) atoms. The van der Waals surface area contributed by atoms with Crippen molar-refractivity contribution in [3.63, 3.8) is 0 Å². The summed E-state index contributed by atoms with van der Waals surface area (Å²) in [6.45, 7) is 10.1. The first-order valence-electron chi connectivity index (χ1n) is 7.76. The van der Waals surface area contributed by atoms with Crippen LogP contribution in [-0.2, 0) is 6.42 Å². The van der Waals surface area contributed by atoms with Crippen LogP contribution in [0.3, 0.4) is 0 Å². The Labute approximate surface area is 119 Å². The van der Waals surface area contributed by atoms with E-state index < -0.39 is 0 Å². The zero-order chi connectivity index (χ0) is 14.1.